The fourth-order valence-corrected chi connectivity index (χ4v) is 2.43. The van der Waals surface area contributed by atoms with E-state index in [2.05, 4.69) is 10.6 Å². The lowest BCUT2D eigenvalue weighted by Crippen LogP contribution is -2.58. The number of carboxylic acid groups (broad SMARTS) is 2. The number of carbonyl (C=O) groups is 5. The van der Waals surface area contributed by atoms with Crippen molar-refractivity contribution in [2.24, 2.45) is 5.73 Å². The van der Waals surface area contributed by atoms with E-state index in [0.29, 0.717) is 5.56 Å². The van der Waals surface area contributed by atoms with Gasteiger partial charge in [-0.05, 0) is 5.56 Å². The normalized spacial score (nSPS) is 13.4. The minimum atomic E-state index is -1.75. The van der Waals surface area contributed by atoms with E-state index >= 15 is 0 Å². The maximum absolute atomic E-state index is 12.6. The molecule has 30 heavy (non-hydrogen) atoms. The standard InChI is InChI=1S/C18H24N4O8/c19-8-14(24)20-11(6-10-4-2-1-3-5-10)16(27)22-13(9-23)17(28)21-12(18(29)30)7-15(25)26/h1-5,11-13,23H,6-9,19H2,(H,20,24)(H,21,28)(H,22,27)(H,25,26)(H,29,30)/t11-,12+,13+/m1/s1. The van der Waals surface area contributed by atoms with Crippen LogP contribution in [0.2, 0.25) is 0 Å². The molecule has 0 saturated heterocycles. The highest BCUT2D eigenvalue weighted by Crippen LogP contribution is 2.04. The first-order chi connectivity index (χ1) is 14.2. The molecule has 0 aliphatic carbocycles. The second-order valence-electron chi connectivity index (χ2n) is 6.25. The average molecular weight is 424 g/mol. The highest BCUT2D eigenvalue weighted by atomic mass is 16.4. The molecule has 0 radical (unpaired) electrons. The number of amides is 3. The Morgan fingerprint density at radius 2 is 1.43 bits per heavy atom. The molecule has 3 amide bonds. The number of aliphatic hydroxyl groups excluding tert-OH is 1. The molecule has 12 nitrogen and oxygen atoms in total. The largest absolute Gasteiger partial charge is 0.481 e. The van der Waals surface area contributed by atoms with Crippen LogP contribution in [0.3, 0.4) is 0 Å². The second kappa shape index (κ2) is 12.1. The smallest absolute Gasteiger partial charge is 0.326 e. The monoisotopic (exact) mass is 424 g/mol. The van der Waals surface area contributed by atoms with Gasteiger partial charge in [0.25, 0.3) is 0 Å². The third-order valence-electron chi connectivity index (χ3n) is 3.93. The molecular formula is C18H24N4O8. The summed E-state index contributed by atoms with van der Waals surface area (Å²) in [5, 5.41) is 33.7. The zero-order chi connectivity index (χ0) is 22.7. The molecule has 0 aliphatic heterocycles. The molecule has 0 saturated carbocycles. The van der Waals surface area contributed by atoms with Gasteiger partial charge in [-0.25, -0.2) is 4.79 Å². The SMILES string of the molecule is NCC(=O)N[C@H](Cc1ccccc1)C(=O)N[C@@H](CO)C(=O)N[C@@H](CC(=O)O)C(=O)O. The summed E-state index contributed by atoms with van der Waals surface area (Å²) in [6.07, 6.45) is -0.828. The van der Waals surface area contributed by atoms with Gasteiger partial charge in [0.2, 0.25) is 17.7 Å². The van der Waals surface area contributed by atoms with E-state index in [-0.39, 0.29) is 13.0 Å². The van der Waals surface area contributed by atoms with E-state index in [9.17, 15) is 29.1 Å². The van der Waals surface area contributed by atoms with Gasteiger partial charge in [-0.1, -0.05) is 30.3 Å². The van der Waals surface area contributed by atoms with Crippen molar-refractivity contribution in [2.45, 2.75) is 31.0 Å². The van der Waals surface area contributed by atoms with Gasteiger partial charge in [-0.3, -0.25) is 19.2 Å². The predicted molar refractivity (Wildman–Crippen MR) is 102 cm³/mol. The minimum Gasteiger partial charge on any atom is -0.481 e. The van der Waals surface area contributed by atoms with Crippen LogP contribution >= 0.6 is 0 Å². The molecule has 12 heteroatoms. The average Bonchev–Trinajstić information content (AvgIpc) is 2.70. The number of nitrogens with one attached hydrogen (secondary N) is 3. The fraction of sp³-hybridized carbons (Fsp3) is 0.389. The topological polar surface area (TPSA) is 208 Å². The molecule has 1 rings (SSSR count). The molecule has 8 N–H and O–H groups in total. The maximum Gasteiger partial charge on any atom is 0.326 e. The highest BCUT2D eigenvalue weighted by Gasteiger charge is 2.30. The summed E-state index contributed by atoms with van der Waals surface area (Å²) in [6.45, 7) is -1.27. The van der Waals surface area contributed by atoms with E-state index in [0.717, 1.165) is 0 Å². The van der Waals surface area contributed by atoms with Crippen molar-refractivity contribution in [1.82, 2.24) is 16.0 Å². The van der Waals surface area contributed by atoms with E-state index < -0.39 is 60.8 Å². The molecule has 0 heterocycles. The lowest BCUT2D eigenvalue weighted by molar-refractivity contribution is -0.147. The predicted octanol–water partition coefficient (Wildman–Crippen LogP) is -2.81. The number of benzene rings is 1. The Morgan fingerprint density at radius 1 is 0.867 bits per heavy atom. The quantitative estimate of drug-likeness (QED) is 0.184. The van der Waals surface area contributed by atoms with Gasteiger partial charge >= 0.3 is 11.9 Å². The van der Waals surface area contributed by atoms with Gasteiger partial charge in [0.1, 0.15) is 18.1 Å². The van der Waals surface area contributed by atoms with Crippen molar-refractivity contribution >= 4 is 29.7 Å². The molecule has 1 aromatic carbocycles. The summed E-state index contributed by atoms with van der Waals surface area (Å²) in [5.41, 5.74) is 5.96. The van der Waals surface area contributed by atoms with Gasteiger partial charge in [0.15, 0.2) is 0 Å². The zero-order valence-electron chi connectivity index (χ0n) is 15.9. The van der Waals surface area contributed by atoms with Gasteiger partial charge in [-0.2, -0.15) is 0 Å². The molecule has 164 valence electrons. The van der Waals surface area contributed by atoms with E-state index in [4.69, 9.17) is 15.9 Å². The number of hydrogen-bond donors (Lipinski definition) is 7. The van der Waals surface area contributed by atoms with Crippen LogP contribution < -0.4 is 21.7 Å². The van der Waals surface area contributed by atoms with Crippen molar-refractivity contribution in [2.75, 3.05) is 13.2 Å². The first-order valence-corrected chi connectivity index (χ1v) is 8.87. The van der Waals surface area contributed by atoms with Gasteiger partial charge < -0.3 is 37.0 Å². The summed E-state index contributed by atoms with van der Waals surface area (Å²) < 4.78 is 0. The Kier molecular flexibility index (Phi) is 9.92. The van der Waals surface area contributed by atoms with Crippen LogP contribution in [-0.4, -0.2) is 76.3 Å². The number of hydrogen-bond acceptors (Lipinski definition) is 7. The molecule has 0 unspecified atom stereocenters. The van der Waals surface area contributed by atoms with Crippen LogP contribution in [0.15, 0.2) is 30.3 Å². The number of rotatable bonds is 12. The Hall–Kier alpha value is -3.51. The molecule has 0 aromatic heterocycles. The minimum absolute atomic E-state index is 0.0644. The van der Waals surface area contributed by atoms with E-state index in [1.54, 1.807) is 30.3 Å². The molecule has 1 aromatic rings. The van der Waals surface area contributed by atoms with Crippen molar-refractivity contribution < 1.29 is 39.3 Å². The molecule has 0 bridgehead atoms. The third kappa shape index (κ3) is 8.24. The van der Waals surface area contributed by atoms with Crippen molar-refractivity contribution in [1.29, 1.82) is 0 Å². The third-order valence-corrected chi connectivity index (χ3v) is 3.93. The lowest BCUT2D eigenvalue weighted by atomic mass is 10.0. The van der Waals surface area contributed by atoms with Crippen LogP contribution in [0.25, 0.3) is 0 Å². The van der Waals surface area contributed by atoms with Gasteiger partial charge in [0, 0.05) is 6.42 Å². The van der Waals surface area contributed by atoms with Gasteiger partial charge in [0.05, 0.1) is 19.6 Å². The summed E-state index contributed by atoms with van der Waals surface area (Å²) in [7, 11) is 0. The van der Waals surface area contributed by atoms with E-state index in [1.165, 1.54) is 0 Å². The van der Waals surface area contributed by atoms with Crippen LogP contribution in [0.5, 0.6) is 0 Å². The summed E-state index contributed by atoms with van der Waals surface area (Å²) in [4.78, 5) is 58.3. The number of aliphatic carboxylic acids is 2. The summed E-state index contributed by atoms with van der Waals surface area (Å²) in [6, 6.07) is 4.21. The fourth-order valence-electron chi connectivity index (χ4n) is 2.43. The Morgan fingerprint density at radius 3 is 1.93 bits per heavy atom. The van der Waals surface area contributed by atoms with Crippen molar-refractivity contribution in [3.8, 4) is 0 Å². The van der Waals surface area contributed by atoms with Crippen LogP contribution in [-0.2, 0) is 30.4 Å². The number of nitrogens with two attached hydrogens (primary N) is 1. The zero-order valence-corrected chi connectivity index (χ0v) is 15.9. The van der Waals surface area contributed by atoms with Crippen molar-refractivity contribution in [3.05, 3.63) is 35.9 Å². The van der Waals surface area contributed by atoms with Gasteiger partial charge in [-0.15, -0.1) is 0 Å². The number of aliphatic hydroxyl groups is 1. The molecule has 0 fully saturated rings. The van der Waals surface area contributed by atoms with Crippen molar-refractivity contribution in [3.63, 3.8) is 0 Å². The Labute approximate surface area is 171 Å². The Bertz CT molecular complexity index is 771. The first-order valence-electron chi connectivity index (χ1n) is 8.87. The van der Waals surface area contributed by atoms with E-state index in [1.807, 2.05) is 5.32 Å². The molecule has 0 spiro atoms. The number of carboxylic acids is 2. The lowest BCUT2D eigenvalue weighted by Gasteiger charge is -2.23. The maximum atomic E-state index is 12.6. The summed E-state index contributed by atoms with van der Waals surface area (Å²) >= 11 is 0. The molecule has 3 atom stereocenters. The first kappa shape index (κ1) is 24.5. The van der Waals surface area contributed by atoms with Crippen LogP contribution in [0.4, 0.5) is 0 Å². The summed E-state index contributed by atoms with van der Waals surface area (Å²) in [5.74, 6) is -5.59. The van der Waals surface area contributed by atoms with Crippen LogP contribution in [0, 0.1) is 0 Å². The highest BCUT2D eigenvalue weighted by molar-refractivity contribution is 5.94. The second-order valence-corrected chi connectivity index (χ2v) is 6.25. The molecule has 0 aliphatic rings. The van der Waals surface area contributed by atoms with Crippen LogP contribution in [0.1, 0.15) is 12.0 Å². The Balaban J connectivity index is 2.89. The number of carbonyl (C=O) groups excluding carboxylic acids is 3. The molecular weight excluding hydrogens is 400 g/mol.